The number of aliphatic carboxylic acids is 1. The van der Waals surface area contributed by atoms with Gasteiger partial charge in [-0.15, -0.1) is 59.3 Å². The van der Waals surface area contributed by atoms with Crippen molar-refractivity contribution in [3.05, 3.63) is 126 Å². The molecule has 12 rings (SSSR count). The number of likely N-dealkylation sites (tertiary alicyclic amines) is 3. The van der Waals surface area contributed by atoms with Crippen LogP contribution in [0, 0.1) is 38.5 Å². The van der Waals surface area contributed by atoms with Crippen molar-refractivity contribution in [3.8, 4) is 34.5 Å². The highest BCUT2D eigenvalue weighted by Gasteiger charge is 2.57. The number of ether oxygens (including phenoxy) is 10. The predicted octanol–water partition coefficient (Wildman–Crippen LogP) is 19.6. The number of pyridine rings is 3. The fraction of sp³-hybridized carbons (Fsp3) is 0.565. The van der Waals surface area contributed by atoms with Gasteiger partial charge in [-0.2, -0.15) is 0 Å². The second-order valence-corrected chi connectivity index (χ2v) is 34.1. The average molecular weight is 1760 g/mol. The van der Waals surface area contributed by atoms with Crippen molar-refractivity contribution in [1.29, 1.82) is 0 Å². The summed E-state index contributed by atoms with van der Waals surface area (Å²) in [5.41, 5.74) is 2.20. The number of benzene rings is 3. The van der Waals surface area contributed by atoms with E-state index in [4.69, 9.17) is 38.3 Å². The number of carbonyl (C=O) groups excluding carboxylic acids is 6. The maximum Gasteiger partial charge on any atom is 0.573 e. The van der Waals surface area contributed by atoms with Crippen molar-refractivity contribution < 1.29 is 126 Å². The van der Waals surface area contributed by atoms with E-state index in [0.717, 1.165) is 94.6 Å². The van der Waals surface area contributed by atoms with Crippen LogP contribution in [0.25, 0.3) is 32.7 Å². The van der Waals surface area contributed by atoms with Gasteiger partial charge in [0.1, 0.15) is 75.0 Å². The SMILES string of the molecule is C=CCCCCC[C@H](C)C(=O)N1C[C@@]2(CCc3c(c(C)nc4ccc(OC(F)(F)F)cc34)O2)C[C@H]1C(=O)OC.C=CCCCCC[C@H](C)C(=O)N1C[C@]2(CCc3c(c(C)nc4ccc(OC(F)(F)F)cc34)O2)C[C@H]1C(=O)OC.C=CCCCCC[C@H](C)C(=O)O.COC(=O)[C@@H]1CC2(CCc3c(c(C)nc4ccc(OC(F)(F)F)cc34)O2)CN1C(=O)OC(C)(C)C. The molecule has 3 fully saturated rings. The van der Waals surface area contributed by atoms with Crippen molar-refractivity contribution >= 4 is 74.5 Å². The summed E-state index contributed by atoms with van der Waals surface area (Å²) in [6, 6.07) is 9.68. The molecule has 24 nitrogen and oxygen atoms in total. The standard InChI is InChI=1S/2C29H35F3N2O5.C24H27F3N2O6.C10H18O2/c2*1-5-6-7-8-9-10-18(2)26(35)34-17-28(16-24(34)27(36)37-4)14-13-21-22-15-20(38-29(30,31)32)11-12-23(22)33-19(3)25(21)39-28;1-13-19-15(16-10-14(33-24(25,26)27)6-7-17(16)28-13)8-9-23(34-19)11-18(20(30)32-5)29(12-23)21(31)35-22(2,3)4;1-3-4-5-6-7-8-9(2)10(11)12/h2*5,11-12,15,18,24H,1,6-10,13-14,16-17H2,2-4H3;6-7,10,18H,8-9,11-12H2,1-5H3;3,9H,1,4-8H2,2H3,(H,11,12)/t18-,24-,28+;18-,24-,28-;18-,23?;9-/m0000/s1. The number of amides is 3. The molecule has 0 radical (unpaired) electrons. The summed E-state index contributed by atoms with van der Waals surface area (Å²) in [7, 11) is 3.85. The Balaban J connectivity index is 0.000000199. The molecule has 0 bridgehead atoms. The Morgan fingerprint density at radius 3 is 1.02 bits per heavy atom. The molecule has 6 aromatic rings. The molecule has 6 aliphatic rings. The van der Waals surface area contributed by atoms with E-state index in [1.54, 1.807) is 58.3 Å². The van der Waals surface area contributed by atoms with Crippen molar-refractivity contribution in [1.82, 2.24) is 29.7 Å². The third-order valence-corrected chi connectivity index (χ3v) is 23.4. The van der Waals surface area contributed by atoms with Gasteiger partial charge in [0.2, 0.25) is 11.8 Å². The van der Waals surface area contributed by atoms with Crippen LogP contribution in [0.15, 0.2) is 92.6 Å². The van der Waals surface area contributed by atoms with Gasteiger partial charge < -0.3 is 62.3 Å². The smallest absolute Gasteiger partial charge is 0.483 e. The summed E-state index contributed by atoms with van der Waals surface area (Å²) in [4.78, 5) is 106. The number of carbonyl (C=O) groups is 7. The molecule has 1 N–H and O–H groups in total. The van der Waals surface area contributed by atoms with Gasteiger partial charge in [-0.3, -0.25) is 19.3 Å². The van der Waals surface area contributed by atoms with Crippen LogP contribution in [0.2, 0.25) is 0 Å². The van der Waals surface area contributed by atoms with Crippen LogP contribution in [0.3, 0.4) is 0 Å². The van der Waals surface area contributed by atoms with E-state index < -0.39 is 89.6 Å². The van der Waals surface area contributed by atoms with Crippen LogP contribution in [-0.4, -0.2) is 177 Å². The number of halogens is 9. The lowest BCUT2D eigenvalue weighted by Gasteiger charge is -2.36. The summed E-state index contributed by atoms with van der Waals surface area (Å²) in [6.45, 7) is 27.6. The Labute approximate surface area is 722 Å². The second kappa shape index (κ2) is 41.7. The molecular weight excluding hydrogens is 1650 g/mol. The number of aryl methyl sites for hydroxylation is 6. The number of hydrogen-bond donors (Lipinski definition) is 1. The first-order chi connectivity index (χ1) is 58.8. The van der Waals surface area contributed by atoms with Gasteiger partial charge in [0, 0.05) is 63.9 Å². The number of methoxy groups -OCH3 is 3. The van der Waals surface area contributed by atoms with E-state index in [2.05, 4.69) is 48.9 Å². The van der Waals surface area contributed by atoms with E-state index >= 15 is 0 Å². The average Bonchev–Trinajstić information content (AvgIpc) is 1.66. The topological polar surface area (TPSA) is 280 Å². The quantitative estimate of drug-likeness (QED) is 0.0165. The number of rotatable bonds is 27. The minimum absolute atomic E-state index is 0.0931. The van der Waals surface area contributed by atoms with Crippen molar-refractivity contribution in [2.75, 3.05) is 41.0 Å². The van der Waals surface area contributed by atoms with E-state index in [0.29, 0.717) is 124 Å². The first kappa shape index (κ1) is 98.2. The zero-order valence-electron chi connectivity index (χ0n) is 73.1. The number of aromatic nitrogens is 3. The van der Waals surface area contributed by atoms with Crippen LogP contribution in [0.1, 0.15) is 210 Å². The number of nitrogens with zero attached hydrogens (tertiary/aromatic N) is 6. The normalized spacial score (nSPS) is 20.7. The van der Waals surface area contributed by atoms with Crippen LogP contribution in [0.5, 0.6) is 34.5 Å². The van der Waals surface area contributed by atoms with Crippen molar-refractivity contribution in [3.63, 3.8) is 0 Å². The molecule has 9 atom stereocenters. The number of hydrogen-bond acceptors (Lipinski definition) is 20. The Kier molecular flexibility index (Phi) is 32.7. The highest BCUT2D eigenvalue weighted by atomic mass is 19.4. The van der Waals surface area contributed by atoms with E-state index in [-0.39, 0.29) is 85.7 Å². The molecule has 3 aromatic carbocycles. The summed E-state index contributed by atoms with van der Waals surface area (Å²) in [6.07, 6.45) is 8.44. The number of carboxylic acids is 1. The lowest BCUT2D eigenvalue weighted by atomic mass is 9.87. The van der Waals surface area contributed by atoms with Crippen molar-refractivity contribution in [2.24, 2.45) is 17.8 Å². The lowest BCUT2D eigenvalue weighted by molar-refractivity contribution is -0.275. The van der Waals surface area contributed by atoms with Crippen LogP contribution >= 0.6 is 0 Å². The number of fused-ring (bicyclic) bond motifs is 9. The molecule has 1 unspecified atom stereocenters. The molecule has 0 saturated carbocycles. The zero-order chi connectivity index (χ0) is 91.9. The first-order valence-corrected chi connectivity index (χ1v) is 42.4. The molecule has 125 heavy (non-hydrogen) atoms. The van der Waals surface area contributed by atoms with Crippen LogP contribution in [-0.2, 0) is 67.0 Å². The third-order valence-electron chi connectivity index (χ3n) is 23.4. The third kappa shape index (κ3) is 25.6. The van der Waals surface area contributed by atoms with Gasteiger partial charge in [-0.05, 0) is 192 Å². The summed E-state index contributed by atoms with van der Waals surface area (Å²) < 4.78 is 167. The van der Waals surface area contributed by atoms with Crippen LogP contribution < -0.4 is 28.4 Å². The van der Waals surface area contributed by atoms with Gasteiger partial charge in [0.15, 0.2) is 0 Å². The molecule has 3 spiro atoms. The molecule has 684 valence electrons. The molecule has 3 saturated heterocycles. The van der Waals surface area contributed by atoms with E-state index in [1.165, 1.54) is 80.8 Å². The molecular formula is C92H115F9N6O18. The molecule has 9 heterocycles. The van der Waals surface area contributed by atoms with E-state index in [1.807, 2.05) is 32.1 Å². The Bertz CT molecular complexity index is 4710. The minimum Gasteiger partial charge on any atom is -0.483 e. The monoisotopic (exact) mass is 1760 g/mol. The molecule has 3 amide bonds. The minimum atomic E-state index is -4.82. The van der Waals surface area contributed by atoms with E-state index in [9.17, 15) is 73.1 Å². The zero-order valence-corrected chi connectivity index (χ0v) is 73.1. The predicted molar refractivity (Wildman–Crippen MR) is 447 cm³/mol. The molecule has 3 aromatic heterocycles. The number of alkyl halides is 9. The fourth-order valence-electron chi connectivity index (χ4n) is 17.2. The molecule has 0 aliphatic carbocycles. The Hall–Kier alpha value is -10.6. The van der Waals surface area contributed by atoms with Gasteiger partial charge in [-0.1, -0.05) is 77.5 Å². The highest BCUT2D eigenvalue weighted by molar-refractivity contribution is 5.91. The van der Waals surface area contributed by atoms with Crippen LogP contribution in [0.4, 0.5) is 44.3 Å². The molecule has 33 heteroatoms. The highest BCUT2D eigenvalue weighted by Crippen LogP contribution is 2.50. The van der Waals surface area contributed by atoms with Gasteiger partial charge in [-0.25, -0.2) is 34.1 Å². The van der Waals surface area contributed by atoms with Gasteiger partial charge in [0.05, 0.1) is 80.5 Å². The molecule has 6 aliphatic heterocycles. The number of esters is 3. The summed E-state index contributed by atoms with van der Waals surface area (Å²) >= 11 is 0. The number of allylic oxidation sites excluding steroid dienone is 3. The largest absolute Gasteiger partial charge is 0.573 e. The lowest BCUT2D eigenvalue weighted by Crippen LogP contribution is -2.46. The van der Waals surface area contributed by atoms with Gasteiger partial charge in [0.25, 0.3) is 0 Å². The second-order valence-electron chi connectivity index (χ2n) is 34.1. The Morgan fingerprint density at radius 1 is 0.464 bits per heavy atom. The first-order valence-electron chi connectivity index (χ1n) is 42.4. The van der Waals surface area contributed by atoms with Gasteiger partial charge >= 0.3 is 49.1 Å². The summed E-state index contributed by atoms with van der Waals surface area (Å²) in [5, 5.41) is 10.1. The maximum absolute atomic E-state index is 13.5. The fourth-order valence-corrected chi connectivity index (χ4v) is 17.2. The number of unbranched alkanes of at least 4 members (excludes halogenated alkanes) is 9. The number of carboxylic acid groups (broad SMARTS) is 1. The summed E-state index contributed by atoms with van der Waals surface area (Å²) in [5.74, 6) is -2.78. The van der Waals surface area contributed by atoms with Crippen molar-refractivity contribution in [2.45, 2.75) is 276 Å². The Morgan fingerprint density at radius 2 is 0.752 bits per heavy atom. The maximum atomic E-state index is 13.5.